The Morgan fingerprint density at radius 2 is 1.77 bits per heavy atom. The van der Waals surface area contributed by atoms with Crippen molar-refractivity contribution < 1.29 is 14.6 Å². The van der Waals surface area contributed by atoms with Gasteiger partial charge in [0, 0.05) is 38.4 Å². The van der Waals surface area contributed by atoms with Crippen LogP contribution in [0.4, 0.5) is 0 Å². The molecule has 1 fully saturated rings. The molecule has 0 unspecified atom stereocenters. The summed E-state index contributed by atoms with van der Waals surface area (Å²) < 4.78 is 13.3. The Morgan fingerprint density at radius 3 is 2.45 bits per heavy atom. The highest BCUT2D eigenvalue weighted by Gasteiger charge is 2.15. The van der Waals surface area contributed by atoms with Crippen LogP contribution in [0, 0.1) is 0 Å². The highest BCUT2D eigenvalue weighted by atomic mass is 16.5. The number of hydrogen-bond acceptors (Lipinski definition) is 6. The van der Waals surface area contributed by atoms with E-state index in [0.717, 1.165) is 31.7 Å². The number of β-amino-alcohol motifs (C(OH)–C–C–N with tert-alkyl or cyclic N) is 1. The minimum atomic E-state index is -0.505. The monoisotopic (exact) mass is 430 g/mol. The second kappa shape index (κ2) is 12.1. The SMILES string of the molecule is COc1cc(CN(C)Cc2cnn(C)c2)ccc1OC[C@H](O)CN1CCCCCCC1. The maximum Gasteiger partial charge on any atom is 0.161 e. The molecule has 7 heteroatoms. The maximum atomic E-state index is 10.5. The molecular formula is C24H38N4O3. The molecule has 1 aliphatic heterocycles. The molecule has 0 bridgehead atoms. The third-order valence-electron chi connectivity index (χ3n) is 5.74. The lowest BCUT2D eigenvalue weighted by molar-refractivity contribution is 0.0645. The number of hydrogen-bond donors (Lipinski definition) is 1. The maximum absolute atomic E-state index is 10.5. The molecule has 31 heavy (non-hydrogen) atoms. The normalized spacial score (nSPS) is 16.7. The van der Waals surface area contributed by atoms with E-state index in [-0.39, 0.29) is 6.61 Å². The first-order valence-electron chi connectivity index (χ1n) is 11.4. The third-order valence-corrected chi connectivity index (χ3v) is 5.74. The topological polar surface area (TPSA) is 63.0 Å². The van der Waals surface area contributed by atoms with E-state index in [2.05, 4.69) is 28.0 Å². The average molecular weight is 431 g/mol. The summed E-state index contributed by atoms with van der Waals surface area (Å²) in [5, 5.41) is 14.7. The third kappa shape index (κ3) is 7.83. The zero-order chi connectivity index (χ0) is 22.1. The Bertz CT molecular complexity index is 787. The average Bonchev–Trinajstić information content (AvgIpc) is 3.13. The van der Waals surface area contributed by atoms with E-state index in [1.165, 1.54) is 37.7 Å². The van der Waals surface area contributed by atoms with E-state index in [1.807, 2.05) is 36.3 Å². The van der Waals surface area contributed by atoms with Gasteiger partial charge in [-0.2, -0.15) is 5.10 Å². The van der Waals surface area contributed by atoms with Crippen molar-refractivity contribution in [3.63, 3.8) is 0 Å². The molecule has 0 radical (unpaired) electrons. The first-order chi connectivity index (χ1) is 15.0. The smallest absolute Gasteiger partial charge is 0.161 e. The van der Waals surface area contributed by atoms with E-state index in [4.69, 9.17) is 9.47 Å². The van der Waals surface area contributed by atoms with Gasteiger partial charge in [0.2, 0.25) is 0 Å². The molecule has 2 heterocycles. The van der Waals surface area contributed by atoms with Crippen molar-refractivity contribution in [2.24, 2.45) is 7.05 Å². The first kappa shape index (κ1) is 23.6. The van der Waals surface area contributed by atoms with Gasteiger partial charge in [0.05, 0.1) is 13.3 Å². The van der Waals surface area contributed by atoms with Crippen LogP contribution in [-0.2, 0) is 20.1 Å². The first-order valence-corrected chi connectivity index (χ1v) is 11.4. The number of aliphatic hydroxyl groups excluding tert-OH is 1. The molecule has 1 aromatic heterocycles. The van der Waals surface area contributed by atoms with Crippen LogP contribution in [-0.4, -0.2) is 71.2 Å². The highest BCUT2D eigenvalue weighted by Crippen LogP contribution is 2.29. The zero-order valence-electron chi connectivity index (χ0n) is 19.3. The van der Waals surface area contributed by atoms with Gasteiger partial charge >= 0.3 is 0 Å². The number of methoxy groups -OCH3 is 1. The van der Waals surface area contributed by atoms with Crippen molar-refractivity contribution in [1.29, 1.82) is 0 Å². The molecule has 172 valence electrons. The van der Waals surface area contributed by atoms with E-state index in [9.17, 15) is 5.11 Å². The van der Waals surface area contributed by atoms with E-state index in [1.54, 1.807) is 7.11 Å². The van der Waals surface area contributed by atoms with Gasteiger partial charge in [-0.05, 0) is 50.7 Å². The van der Waals surface area contributed by atoms with Crippen molar-refractivity contribution in [3.05, 3.63) is 41.7 Å². The van der Waals surface area contributed by atoms with Crippen molar-refractivity contribution in [1.82, 2.24) is 19.6 Å². The van der Waals surface area contributed by atoms with E-state index >= 15 is 0 Å². The quantitative estimate of drug-likeness (QED) is 0.625. The van der Waals surface area contributed by atoms with Crippen molar-refractivity contribution >= 4 is 0 Å². The van der Waals surface area contributed by atoms with Crippen molar-refractivity contribution in [3.8, 4) is 11.5 Å². The predicted octanol–water partition coefficient (Wildman–Crippen LogP) is 3.07. The van der Waals surface area contributed by atoms with Crippen LogP contribution in [0.25, 0.3) is 0 Å². The van der Waals surface area contributed by atoms with Crippen LogP contribution < -0.4 is 9.47 Å². The fraction of sp³-hybridized carbons (Fsp3) is 0.625. The van der Waals surface area contributed by atoms with E-state index in [0.29, 0.717) is 18.0 Å². The summed E-state index contributed by atoms with van der Waals surface area (Å²) in [5.74, 6) is 1.37. The van der Waals surface area contributed by atoms with Crippen LogP contribution in [0.5, 0.6) is 11.5 Å². The van der Waals surface area contributed by atoms with E-state index < -0.39 is 6.10 Å². The Kier molecular flexibility index (Phi) is 9.18. The Morgan fingerprint density at radius 1 is 1.06 bits per heavy atom. The molecular weight excluding hydrogens is 392 g/mol. The van der Waals surface area contributed by atoms with Crippen LogP contribution in [0.3, 0.4) is 0 Å². The molecule has 0 amide bonds. The lowest BCUT2D eigenvalue weighted by atomic mass is 10.1. The molecule has 0 saturated carbocycles. The van der Waals surface area contributed by atoms with Crippen LogP contribution >= 0.6 is 0 Å². The summed E-state index contributed by atoms with van der Waals surface area (Å²) in [6, 6.07) is 6.01. The molecule has 0 spiro atoms. The number of aliphatic hydroxyl groups is 1. The summed E-state index contributed by atoms with van der Waals surface area (Å²) in [6.45, 7) is 4.70. The van der Waals surface area contributed by atoms with Gasteiger partial charge in [-0.25, -0.2) is 0 Å². The number of aromatic nitrogens is 2. The lowest BCUT2D eigenvalue weighted by Gasteiger charge is -2.26. The summed E-state index contributed by atoms with van der Waals surface area (Å²) in [7, 11) is 5.67. The molecule has 1 atom stereocenters. The molecule has 0 aliphatic carbocycles. The molecule has 1 aromatic carbocycles. The summed E-state index contributed by atoms with van der Waals surface area (Å²) in [4.78, 5) is 4.60. The van der Waals surface area contributed by atoms with Gasteiger partial charge in [-0.1, -0.05) is 25.3 Å². The number of nitrogens with zero attached hydrogens (tertiary/aromatic N) is 4. The number of ether oxygens (including phenoxy) is 2. The number of likely N-dealkylation sites (tertiary alicyclic amines) is 1. The van der Waals surface area contributed by atoms with Gasteiger partial charge in [-0.15, -0.1) is 0 Å². The van der Waals surface area contributed by atoms with Crippen molar-refractivity contribution in [2.45, 2.75) is 51.3 Å². The standard InChI is InChI=1S/C24H38N4O3/c1-26(16-21-14-25-27(2)17-21)15-20-9-10-23(24(13-20)30-3)31-19-22(29)18-28-11-7-5-4-6-8-12-28/h9-10,13-14,17,22,29H,4-8,11-12,15-16,18-19H2,1-3H3/t22-/m1/s1. The largest absolute Gasteiger partial charge is 0.493 e. The van der Waals surface area contributed by atoms with Crippen LogP contribution in [0.2, 0.25) is 0 Å². The van der Waals surface area contributed by atoms with Gasteiger partial charge in [-0.3, -0.25) is 9.58 Å². The Labute approximate surface area is 186 Å². The molecule has 1 aliphatic rings. The fourth-order valence-electron chi connectivity index (χ4n) is 4.19. The summed E-state index contributed by atoms with van der Waals surface area (Å²) >= 11 is 0. The van der Waals surface area contributed by atoms with Gasteiger partial charge in [0.25, 0.3) is 0 Å². The van der Waals surface area contributed by atoms with Gasteiger partial charge < -0.3 is 19.5 Å². The summed E-state index contributed by atoms with van der Waals surface area (Å²) in [6.07, 6.45) is 9.80. The molecule has 7 nitrogen and oxygen atoms in total. The van der Waals surface area contributed by atoms with Gasteiger partial charge in [0.15, 0.2) is 11.5 Å². The second-order valence-corrected chi connectivity index (χ2v) is 8.71. The van der Waals surface area contributed by atoms with Crippen LogP contribution in [0.15, 0.2) is 30.6 Å². The fourth-order valence-corrected chi connectivity index (χ4v) is 4.19. The molecule has 1 N–H and O–H groups in total. The number of aryl methyl sites for hydroxylation is 1. The minimum absolute atomic E-state index is 0.271. The number of benzene rings is 1. The zero-order valence-corrected chi connectivity index (χ0v) is 19.3. The predicted molar refractivity (Wildman–Crippen MR) is 122 cm³/mol. The van der Waals surface area contributed by atoms with Crippen molar-refractivity contribution in [2.75, 3.05) is 40.4 Å². The van der Waals surface area contributed by atoms with Crippen LogP contribution in [0.1, 0.15) is 43.2 Å². The highest BCUT2D eigenvalue weighted by molar-refractivity contribution is 5.43. The molecule has 1 saturated heterocycles. The second-order valence-electron chi connectivity index (χ2n) is 8.71. The molecule has 3 rings (SSSR count). The Balaban J connectivity index is 1.49. The van der Waals surface area contributed by atoms with Gasteiger partial charge in [0.1, 0.15) is 12.7 Å². The summed E-state index contributed by atoms with van der Waals surface area (Å²) in [5.41, 5.74) is 2.34. The number of rotatable bonds is 10. The minimum Gasteiger partial charge on any atom is -0.493 e. The molecule has 2 aromatic rings. The Hall–Kier alpha value is -2.09. The lowest BCUT2D eigenvalue weighted by Crippen LogP contribution is -2.37.